The molecule has 5 heteroatoms. The molecule has 1 aromatic rings. The average molecular weight is 306 g/mol. The highest BCUT2D eigenvalue weighted by atomic mass is 19.1. The molecule has 0 spiro atoms. The van der Waals surface area contributed by atoms with Gasteiger partial charge < -0.3 is 10.0 Å². The van der Waals surface area contributed by atoms with Gasteiger partial charge in [0.05, 0.1) is 12.5 Å². The molecule has 0 aromatic heterocycles. The smallest absolute Gasteiger partial charge is 0.225 e. The molecule has 22 heavy (non-hydrogen) atoms. The molecule has 1 amide bonds. The van der Waals surface area contributed by atoms with Crippen molar-refractivity contribution in [2.75, 3.05) is 19.6 Å². The molecule has 2 aliphatic heterocycles. The van der Waals surface area contributed by atoms with E-state index in [-0.39, 0.29) is 18.4 Å². The van der Waals surface area contributed by atoms with Gasteiger partial charge in [-0.1, -0.05) is 12.1 Å². The summed E-state index contributed by atoms with van der Waals surface area (Å²) >= 11 is 0. The summed E-state index contributed by atoms with van der Waals surface area (Å²) in [4.78, 5) is 16.9. The molecular weight excluding hydrogens is 283 g/mol. The molecule has 3 unspecified atom stereocenters. The number of carbonyl (C=O) groups is 1. The maximum Gasteiger partial charge on any atom is 0.225 e. The topological polar surface area (TPSA) is 43.8 Å². The molecule has 0 saturated carbocycles. The number of aliphatic hydroxyl groups is 1. The SMILES string of the molecule is CC1CN2CCCC2CN1C(=O)CC(O)c1cccc(F)c1. The molecule has 2 aliphatic rings. The molecule has 0 radical (unpaired) electrons. The predicted octanol–water partition coefficient (Wildman–Crippen LogP) is 1.94. The zero-order valence-corrected chi connectivity index (χ0v) is 12.9. The van der Waals surface area contributed by atoms with Crippen LogP contribution in [0.2, 0.25) is 0 Å². The van der Waals surface area contributed by atoms with E-state index in [9.17, 15) is 14.3 Å². The van der Waals surface area contributed by atoms with Crippen LogP contribution >= 0.6 is 0 Å². The van der Waals surface area contributed by atoms with Gasteiger partial charge in [0.25, 0.3) is 0 Å². The van der Waals surface area contributed by atoms with Gasteiger partial charge in [-0.15, -0.1) is 0 Å². The number of hydrogen-bond donors (Lipinski definition) is 1. The van der Waals surface area contributed by atoms with Crippen LogP contribution in [-0.2, 0) is 4.79 Å². The molecule has 120 valence electrons. The van der Waals surface area contributed by atoms with Crippen molar-refractivity contribution in [3.8, 4) is 0 Å². The van der Waals surface area contributed by atoms with Gasteiger partial charge in [0, 0.05) is 25.2 Å². The highest BCUT2D eigenvalue weighted by Crippen LogP contribution is 2.26. The molecule has 3 rings (SSSR count). The number of aliphatic hydroxyl groups excluding tert-OH is 1. The third kappa shape index (κ3) is 3.15. The van der Waals surface area contributed by atoms with Crippen LogP contribution in [0.4, 0.5) is 4.39 Å². The summed E-state index contributed by atoms with van der Waals surface area (Å²) in [5.41, 5.74) is 0.459. The quantitative estimate of drug-likeness (QED) is 0.928. The fourth-order valence-electron chi connectivity index (χ4n) is 3.65. The van der Waals surface area contributed by atoms with Crippen LogP contribution in [-0.4, -0.2) is 52.5 Å². The molecule has 0 bridgehead atoms. The van der Waals surface area contributed by atoms with Gasteiger partial charge in [-0.25, -0.2) is 4.39 Å². The number of piperazine rings is 1. The lowest BCUT2D eigenvalue weighted by atomic mass is 10.0. The summed E-state index contributed by atoms with van der Waals surface area (Å²) in [5, 5.41) is 10.2. The van der Waals surface area contributed by atoms with Gasteiger partial charge >= 0.3 is 0 Å². The number of amides is 1. The third-order valence-corrected chi connectivity index (χ3v) is 4.86. The lowest BCUT2D eigenvalue weighted by molar-refractivity contribution is -0.138. The molecule has 0 aliphatic carbocycles. The Balaban J connectivity index is 1.63. The molecular formula is C17H23FN2O2. The molecule has 1 N–H and O–H groups in total. The zero-order valence-electron chi connectivity index (χ0n) is 12.9. The monoisotopic (exact) mass is 306 g/mol. The zero-order chi connectivity index (χ0) is 15.7. The van der Waals surface area contributed by atoms with E-state index < -0.39 is 11.9 Å². The minimum absolute atomic E-state index is 0.0144. The van der Waals surface area contributed by atoms with E-state index in [1.165, 1.54) is 18.6 Å². The van der Waals surface area contributed by atoms with Gasteiger partial charge in [0.1, 0.15) is 5.82 Å². The van der Waals surface area contributed by atoms with Crippen LogP contribution in [0.25, 0.3) is 0 Å². The fourth-order valence-corrected chi connectivity index (χ4v) is 3.65. The van der Waals surface area contributed by atoms with Crippen LogP contribution in [0.5, 0.6) is 0 Å². The number of hydrogen-bond acceptors (Lipinski definition) is 3. The van der Waals surface area contributed by atoms with Gasteiger partial charge in [-0.3, -0.25) is 9.69 Å². The Labute approximate surface area is 130 Å². The molecule has 2 heterocycles. The number of benzene rings is 1. The second kappa shape index (κ2) is 6.34. The Morgan fingerprint density at radius 1 is 1.45 bits per heavy atom. The Kier molecular flexibility index (Phi) is 4.45. The molecule has 3 atom stereocenters. The standard InChI is InChI=1S/C17H23FN2O2/c1-12-10-19-7-3-6-15(19)11-20(12)17(22)9-16(21)13-4-2-5-14(18)8-13/h2,4-5,8,12,15-16,21H,3,6-7,9-11H2,1H3. The first-order valence-electron chi connectivity index (χ1n) is 8.01. The first kappa shape index (κ1) is 15.4. The Hall–Kier alpha value is -1.46. The highest BCUT2D eigenvalue weighted by Gasteiger charge is 2.36. The number of nitrogens with zero attached hydrogens (tertiary/aromatic N) is 2. The number of carbonyl (C=O) groups excluding carboxylic acids is 1. The number of rotatable bonds is 3. The van der Waals surface area contributed by atoms with E-state index >= 15 is 0 Å². The number of fused-ring (bicyclic) bond motifs is 1. The van der Waals surface area contributed by atoms with Crippen LogP contribution in [0.3, 0.4) is 0 Å². The average Bonchev–Trinajstić information content (AvgIpc) is 2.93. The second-order valence-corrected chi connectivity index (χ2v) is 6.46. The summed E-state index contributed by atoms with van der Waals surface area (Å²) in [6, 6.07) is 6.46. The van der Waals surface area contributed by atoms with Crippen LogP contribution in [0.1, 0.15) is 37.9 Å². The van der Waals surface area contributed by atoms with E-state index in [2.05, 4.69) is 11.8 Å². The van der Waals surface area contributed by atoms with Gasteiger partial charge in [0.15, 0.2) is 0 Å². The summed E-state index contributed by atoms with van der Waals surface area (Å²) in [5.74, 6) is -0.437. The highest BCUT2D eigenvalue weighted by molar-refractivity contribution is 5.77. The minimum atomic E-state index is -0.947. The summed E-state index contributed by atoms with van der Waals surface area (Å²) < 4.78 is 13.2. The first-order valence-corrected chi connectivity index (χ1v) is 8.01. The van der Waals surface area contributed by atoms with Crippen molar-refractivity contribution in [3.05, 3.63) is 35.6 Å². The largest absolute Gasteiger partial charge is 0.388 e. The maximum atomic E-state index is 13.2. The Morgan fingerprint density at radius 3 is 3.05 bits per heavy atom. The van der Waals surface area contributed by atoms with Gasteiger partial charge in [-0.2, -0.15) is 0 Å². The lowest BCUT2D eigenvalue weighted by Crippen LogP contribution is -2.56. The van der Waals surface area contributed by atoms with Crippen molar-refractivity contribution in [1.82, 2.24) is 9.80 Å². The van der Waals surface area contributed by atoms with E-state index in [4.69, 9.17) is 0 Å². The van der Waals surface area contributed by atoms with Crippen molar-refractivity contribution in [1.29, 1.82) is 0 Å². The van der Waals surface area contributed by atoms with E-state index in [0.29, 0.717) is 11.6 Å². The minimum Gasteiger partial charge on any atom is -0.388 e. The van der Waals surface area contributed by atoms with Gasteiger partial charge in [0.2, 0.25) is 5.91 Å². The van der Waals surface area contributed by atoms with E-state index in [1.807, 2.05) is 4.90 Å². The van der Waals surface area contributed by atoms with Crippen molar-refractivity contribution in [2.45, 2.75) is 44.4 Å². The van der Waals surface area contributed by atoms with Crippen molar-refractivity contribution in [2.24, 2.45) is 0 Å². The maximum absolute atomic E-state index is 13.2. The molecule has 2 fully saturated rings. The van der Waals surface area contributed by atoms with Crippen molar-refractivity contribution in [3.63, 3.8) is 0 Å². The third-order valence-electron chi connectivity index (χ3n) is 4.86. The van der Waals surface area contributed by atoms with Crippen molar-refractivity contribution >= 4 is 5.91 Å². The second-order valence-electron chi connectivity index (χ2n) is 6.46. The summed E-state index contributed by atoms with van der Waals surface area (Å²) in [6.07, 6.45) is 1.41. The summed E-state index contributed by atoms with van der Waals surface area (Å²) in [6.45, 7) is 4.84. The lowest BCUT2D eigenvalue weighted by Gasteiger charge is -2.42. The van der Waals surface area contributed by atoms with Crippen LogP contribution in [0, 0.1) is 5.82 Å². The Morgan fingerprint density at radius 2 is 2.27 bits per heavy atom. The number of halogens is 1. The van der Waals surface area contributed by atoms with E-state index in [1.54, 1.807) is 12.1 Å². The molecule has 2 saturated heterocycles. The fraction of sp³-hybridized carbons (Fsp3) is 0.588. The van der Waals surface area contributed by atoms with Gasteiger partial charge in [-0.05, 0) is 44.0 Å². The normalized spacial score (nSPS) is 26.8. The predicted molar refractivity (Wildman–Crippen MR) is 81.7 cm³/mol. The molecule has 1 aromatic carbocycles. The van der Waals surface area contributed by atoms with Crippen molar-refractivity contribution < 1.29 is 14.3 Å². The van der Waals surface area contributed by atoms with Crippen LogP contribution < -0.4 is 0 Å². The Bertz CT molecular complexity index is 551. The first-order chi connectivity index (χ1) is 10.5. The summed E-state index contributed by atoms with van der Waals surface area (Å²) in [7, 11) is 0. The van der Waals surface area contributed by atoms with Crippen LogP contribution in [0.15, 0.2) is 24.3 Å². The van der Waals surface area contributed by atoms with E-state index in [0.717, 1.165) is 26.1 Å². The molecule has 4 nitrogen and oxygen atoms in total.